The summed E-state index contributed by atoms with van der Waals surface area (Å²) in [6.45, 7) is 0. The molecule has 5 nitrogen and oxygen atoms in total. The molecule has 0 saturated carbocycles. The molecule has 3 aromatic rings. The van der Waals surface area contributed by atoms with Gasteiger partial charge in [-0.25, -0.2) is 0 Å². The summed E-state index contributed by atoms with van der Waals surface area (Å²) in [6, 6.07) is 19.3. The molecule has 3 rings (SSSR count). The van der Waals surface area contributed by atoms with Crippen LogP contribution in [-0.2, 0) is 0 Å². The van der Waals surface area contributed by atoms with Crippen LogP contribution in [0, 0.1) is 11.8 Å². The lowest BCUT2D eigenvalue weighted by Crippen LogP contribution is -1.93. The van der Waals surface area contributed by atoms with Gasteiger partial charge >= 0.3 is 0 Å². The summed E-state index contributed by atoms with van der Waals surface area (Å²) < 4.78 is 0. The van der Waals surface area contributed by atoms with Crippen LogP contribution in [0.2, 0.25) is 0 Å². The minimum Gasteiger partial charge on any atom is -0.129 e. The number of aromatic nitrogens is 4. The minimum atomic E-state index is 0.531. The molecule has 0 spiro atoms. The first-order chi connectivity index (χ1) is 10.4. The summed E-state index contributed by atoms with van der Waals surface area (Å²) in [6.07, 6.45) is 1.45. The summed E-state index contributed by atoms with van der Waals surface area (Å²) in [5.41, 5.74) is 1.83. The van der Waals surface area contributed by atoms with Crippen LogP contribution in [0.25, 0.3) is 11.4 Å². The number of tetrazole rings is 1. The maximum Gasteiger partial charge on any atom is 0.207 e. The molecule has 0 atom stereocenters. The summed E-state index contributed by atoms with van der Waals surface area (Å²) in [7, 11) is 0. The second kappa shape index (κ2) is 6.26. The van der Waals surface area contributed by atoms with Crippen molar-refractivity contribution < 1.29 is 0 Å². The molecular weight excluding hydrogens is 262 g/mol. The first kappa shape index (κ1) is 12.8. The summed E-state index contributed by atoms with van der Waals surface area (Å²) in [4.78, 5) is 1.15. The van der Waals surface area contributed by atoms with Gasteiger partial charge in [-0.2, -0.15) is 0 Å². The normalized spacial score (nSPS) is 10.3. The van der Waals surface area contributed by atoms with Crippen LogP contribution in [0.1, 0.15) is 5.56 Å². The lowest BCUT2D eigenvalue weighted by Gasteiger charge is -1.90. The van der Waals surface area contributed by atoms with E-state index in [9.17, 15) is 0 Å². The Morgan fingerprint density at radius 2 is 1.67 bits per heavy atom. The summed E-state index contributed by atoms with van der Waals surface area (Å²) in [5.74, 6) is 6.32. The van der Waals surface area contributed by atoms with Gasteiger partial charge in [-0.05, 0) is 28.2 Å². The second-order valence-corrected chi connectivity index (χ2v) is 4.13. The van der Waals surface area contributed by atoms with Crippen molar-refractivity contribution >= 4 is 6.21 Å². The van der Waals surface area contributed by atoms with Gasteiger partial charge in [0.05, 0.1) is 0 Å². The van der Waals surface area contributed by atoms with Crippen molar-refractivity contribution in [3.05, 3.63) is 66.2 Å². The topological polar surface area (TPSA) is 56.0 Å². The molecule has 2 aromatic carbocycles. The van der Waals surface area contributed by atoms with Crippen molar-refractivity contribution in [1.82, 2.24) is 20.3 Å². The summed E-state index contributed by atoms with van der Waals surface area (Å²) >= 11 is 0. The van der Waals surface area contributed by atoms with Crippen molar-refractivity contribution in [2.45, 2.75) is 0 Å². The van der Waals surface area contributed by atoms with Crippen LogP contribution in [0.3, 0.4) is 0 Å². The van der Waals surface area contributed by atoms with E-state index in [4.69, 9.17) is 0 Å². The Hall–Kier alpha value is -3.26. The van der Waals surface area contributed by atoms with Gasteiger partial charge in [-0.1, -0.05) is 54.5 Å². The van der Waals surface area contributed by atoms with E-state index < -0.39 is 0 Å². The Morgan fingerprint density at radius 1 is 0.952 bits per heavy atom. The van der Waals surface area contributed by atoms with Crippen LogP contribution in [0.5, 0.6) is 0 Å². The van der Waals surface area contributed by atoms with E-state index in [2.05, 4.69) is 32.4 Å². The predicted octanol–water partition coefficient (Wildman–Crippen LogP) is 2.23. The van der Waals surface area contributed by atoms with Crippen molar-refractivity contribution in [1.29, 1.82) is 0 Å². The molecule has 0 unspecified atom stereocenters. The van der Waals surface area contributed by atoms with Crippen molar-refractivity contribution in [2.24, 2.45) is 5.10 Å². The van der Waals surface area contributed by atoms with Crippen molar-refractivity contribution in [3.63, 3.8) is 0 Å². The van der Waals surface area contributed by atoms with Gasteiger partial charge in [-0.3, -0.25) is 0 Å². The third-order valence-electron chi connectivity index (χ3n) is 2.65. The fraction of sp³-hybridized carbons (Fsp3) is 0. The van der Waals surface area contributed by atoms with Crippen LogP contribution >= 0.6 is 0 Å². The Morgan fingerprint density at radius 3 is 2.43 bits per heavy atom. The number of nitrogens with zero attached hydrogens (tertiary/aromatic N) is 5. The van der Waals surface area contributed by atoms with E-state index in [1.165, 1.54) is 6.21 Å². The van der Waals surface area contributed by atoms with Gasteiger partial charge in [0.2, 0.25) is 5.82 Å². The van der Waals surface area contributed by atoms with E-state index >= 15 is 0 Å². The SMILES string of the molecule is C(#Cc1ccccc1)/C=N/n1nnc(-c2ccccc2)n1. The molecular formula is C16H11N5. The number of rotatable bonds is 2. The minimum absolute atomic E-state index is 0.531. The molecule has 0 aliphatic heterocycles. The average Bonchev–Trinajstić information content (AvgIpc) is 3.02. The lowest BCUT2D eigenvalue weighted by atomic mass is 10.2. The molecule has 0 aliphatic rings. The second-order valence-electron chi connectivity index (χ2n) is 4.13. The zero-order valence-electron chi connectivity index (χ0n) is 11.1. The van der Waals surface area contributed by atoms with Gasteiger partial charge in [0.15, 0.2) is 0 Å². The maximum atomic E-state index is 4.15. The summed E-state index contributed by atoms with van der Waals surface area (Å²) in [5, 5.41) is 15.9. The Labute approximate surface area is 121 Å². The highest BCUT2D eigenvalue weighted by molar-refractivity contribution is 5.79. The molecule has 1 aromatic heterocycles. The Balaban J connectivity index is 1.71. The largest absolute Gasteiger partial charge is 0.207 e. The van der Waals surface area contributed by atoms with Gasteiger partial charge in [0.1, 0.15) is 6.21 Å². The molecule has 0 bridgehead atoms. The zero-order chi connectivity index (χ0) is 14.3. The quantitative estimate of drug-likeness (QED) is 0.531. The van der Waals surface area contributed by atoms with Crippen LogP contribution in [0.15, 0.2) is 65.8 Å². The smallest absolute Gasteiger partial charge is 0.129 e. The monoisotopic (exact) mass is 273 g/mol. The van der Waals surface area contributed by atoms with Gasteiger partial charge in [0.25, 0.3) is 0 Å². The first-order valence-electron chi connectivity index (χ1n) is 6.37. The molecule has 100 valence electrons. The molecule has 0 N–H and O–H groups in total. The van der Waals surface area contributed by atoms with Crippen LogP contribution in [0.4, 0.5) is 0 Å². The van der Waals surface area contributed by atoms with Crippen molar-refractivity contribution in [2.75, 3.05) is 0 Å². The first-order valence-corrected chi connectivity index (χ1v) is 6.37. The highest BCUT2D eigenvalue weighted by Gasteiger charge is 2.03. The van der Waals surface area contributed by atoms with Crippen LogP contribution in [-0.4, -0.2) is 26.5 Å². The van der Waals surface area contributed by atoms with E-state index in [1.54, 1.807) is 0 Å². The van der Waals surface area contributed by atoms with Crippen LogP contribution < -0.4 is 0 Å². The fourth-order valence-corrected chi connectivity index (χ4v) is 1.68. The van der Waals surface area contributed by atoms with E-state index in [1.807, 2.05) is 60.7 Å². The highest BCUT2D eigenvalue weighted by Crippen LogP contribution is 2.11. The Bertz CT molecular complexity index is 795. The maximum absolute atomic E-state index is 4.15. The van der Waals surface area contributed by atoms with Crippen molar-refractivity contribution in [3.8, 4) is 23.2 Å². The zero-order valence-corrected chi connectivity index (χ0v) is 11.1. The van der Waals surface area contributed by atoms with E-state index in [0.717, 1.165) is 16.0 Å². The third-order valence-corrected chi connectivity index (χ3v) is 2.65. The van der Waals surface area contributed by atoms with E-state index in [0.29, 0.717) is 5.82 Å². The molecule has 0 amide bonds. The van der Waals surface area contributed by atoms with Gasteiger partial charge in [-0.15, -0.1) is 15.3 Å². The molecule has 0 saturated heterocycles. The molecule has 1 heterocycles. The Kier molecular flexibility index (Phi) is 3.80. The van der Waals surface area contributed by atoms with E-state index in [-0.39, 0.29) is 0 Å². The number of hydrogen-bond donors (Lipinski definition) is 0. The average molecular weight is 273 g/mol. The molecule has 21 heavy (non-hydrogen) atoms. The van der Waals surface area contributed by atoms with Gasteiger partial charge < -0.3 is 0 Å². The highest BCUT2D eigenvalue weighted by atomic mass is 15.7. The number of hydrogen-bond acceptors (Lipinski definition) is 4. The predicted molar refractivity (Wildman–Crippen MR) is 80.5 cm³/mol. The molecule has 0 fully saturated rings. The van der Waals surface area contributed by atoms with Gasteiger partial charge in [0, 0.05) is 11.1 Å². The standard InChI is InChI=1S/C16H11N5/c1-3-8-14(9-4-1)10-7-13-17-21-19-16(18-20-21)15-11-5-2-6-12-15/h1-6,8-9,11-13H/b17-13+. The third kappa shape index (κ3) is 3.39. The lowest BCUT2D eigenvalue weighted by molar-refractivity contribution is 0.614. The molecule has 5 heteroatoms. The fourth-order valence-electron chi connectivity index (χ4n) is 1.68. The molecule has 0 radical (unpaired) electrons. The molecule has 0 aliphatic carbocycles. The number of benzene rings is 2.